The molecule has 1 aliphatic carbocycles. The molecule has 120 valence electrons. The quantitative estimate of drug-likeness (QED) is 0.763. The molecule has 0 radical (unpaired) electrons. The minimum Gasteiger partial charge on any atom is -0.497 e. The van der Waals surface area contributed by atoms with Crippen LogP contribution in [0, 0.1) is 17.8 Å². The lowest BCUT2D eigenvalue weighted by Gasteiger charge is -2.14. The molecule has 0 aliphatic heterocycles. The van der Waals surface area contributed by atoms with Gasteiger partial charge in [0.2, 0.25) is 0 Å². The molecule has 2 N–H and O–H groups in total. The number of rotatable bonds is 8. The number of carboxylic acids is 2. The minimum atomic E-state index is -0.935. The van der Waals surface area contributed by atoms with E-state index in [0.717, 1.165) is 5.56 Å². The zero-order chi connectivity index (χ0) is 16.3. The van der Waals surface area contributed by atoms with Gasteiger partial charge in [-0.15, -0.1) is 0 Å². The number of aryl methyl sites for hydroxylation is 1. The first-order valence-corrected chi connectivity index (χ1v) is 7.14. The van der Waals surface area contributed by atoms with Crippen LogP contribution in [0.3, 0.4) is 0 Å². The Morgan fingerprint density at radius 2 is 2.00 bits per heavy atom. The number of aliphatic carboxylic acids is 2. The molecule has 0 bridgehead atoms. The molecule has 1 aliphatic rings. The van der Waals surface area contributed by atoms with Gasteiger partial charge in [0, 0.05) is 0 Å². The van der Waals surface area contributed by atoms with E-state index in [0.29, 0.717) is 30.8 Å². The predicted octanol–water partition coefficient (Wildman–Crippen LogP) is 2.06. The first kappa shape index (κ1) is 16.1. The van der Waals surface area contributed by atoms with Crippen molar-refractivity contribution in [1.82, 2.24) is 0 Å². The van der Waals surface area contributed by atoms with Crippen LogP contribution in [0.1, 0.15) is 18.4 Å². The molecule has 1 aromatic carbocycles. The van der Waals surface area contributed by atoms with E-state index in [9.17, 15) is 14.7 Å². The van der Waals surface area contributed by atoms with Crippen molar-refractivity contribution < 1.29 is 29.3 Å². The van der Waals surface area contributed by atoms with Gasteiger partial charge in [-0.3, -0.25) is 9.59 Å². The fourth-order valence-corrected chi connectivity index (χ4v) is 2.85. The highest BCUT2D eigenvalue weighted by Gasteiger charge is 2.50. The Labute approximate surface area is 128 Å². The zero-order valence-electron chi connectivity index (χ0n) is 12.6. The molecule has 22 heavy (non-hydrogen) atoms. The predicted molar refractivity (Wildman–Crippen MR) is 78.2 cm³/mol. The van der Waals surface area contributed by atoms with Crippen molar-refractivity contribution in [1.29, 1.82) is 0 Å². The van der Waals surface area contributed by atoms with Crippen LogP contribution in [0.15, 0.2) is 18.2 Å². The highest BCUT2D eigenvalue weighted by Crippen LogP contribution is 2.46. The molecule has 1 aromatic rings. The molecule has 0 amide bonds. The van der Waals surface area contributed by atoms with Crippen LogP contribution in [0.25, 0.3) is 0 Å². The first-order chi connectivity index (χ1) is 10.5. The van der Waals surface area contributed by atoms with Crippen LogP contribution >= 0.6 is 0 Å². The van der Waals surface area contributed by atoms with Crippen molar-refractivity contribution in [3.8, 4) is 11.5 Å². The fraction of sp³-hybridized carbons (Fsp3) is 0.500. The van der Waals surface area contributed by atoms with E-state index in [1.54, 1.807) is 26.4 Å². The van der Waals surface area contributed by atoms with Crippen molar-refractivity contribution in [2.45, 2.75) is 19.3 Å². The Morgan fingerprint density at radius 3 is 2.50 bits per heavy atom. The summed E-state index contributed by atoms with van der Waals surface area (Å²) in [6, 6.07) is 5.37. The molecule has 6 heteroatoms. The summed E-state index contributed by atoms with van der Waals surface area (Å²) in [6.07, 6.45) is 1.33. The molecular weight excluding hydrogens is 288 g/mol. The maximum atomic E-state index is 11.4. The van der Waals surface area contributed by atoms with Gasteiger partial charge in [-0.1, -0.05) is 0 Å². The second kappa shape index (κ2) is 6.68. The van der Waals surface area contributed by atoms with Gasteiger partial charge in [0.1, 0.15) is 11.5 Å². The normalized spacial score (nSPS) is 21.0. The number of ether oxygens (including phenoxy) is 2. The second-order valence-corrected chi connectivity index (χ2v) is 5.51. The van der Waals surface area contributed by atoms with E-state index in [-0.39, 0.29) is 5.92 Å². The van der Waals surface area contributed by atoms with E-state index in [4.69, 9.17) is 14.6 Å². The Balaban J connectivity index is 2.07. The summed E-state index contributed by atoms with van der Waals surface area (Å²) in [7, 11) is 3.12. The van der Waals surface area contributed by atoms with Crippen LogP contribution < -0.4 is 9.47 Å². The molecule has 1 saturated carbocycles. The van der Waals surface area contributed by atoms with Crippen LogP contribution in [-0.4, -0.2) is 36.4 Å². The van der Waals surface area contributed by atoms with Gasteiger partial charge in [0.15, 0.2) is 0 Å². The monoisotopic (exact) mass is 308 g/mol. The number of carboxylic acid groups (broad SMARTS) is 2. The van der Waals surface area contributed by atoms with E-state index in [1.807, 2.05) is 6.07 Å². The fourth-order valence-electron chi connectivity index (χ4n) is 2.85. The molecule has 0 heterocycles. The number of hydrogen-bond donors (Lipinski definition) is 2. The summed E-state index contributed by atoms with van der Waals surface area (Å²) in [4.78, 5) is 22.3. The number of methoxy groups -OCH3 is 2. The largest absolute Gasteiger partial charge is 0.497 e. The second-order valence-electron chi connectivity index (χ2n) is 5.51. The summed E-state index contributed by atoms with van der Waals surface area (Å²) in [5, 5.41) is 18.3. The van der Waals surface area contributed by atoms with Crippen molar-refractivity contribution in [3.63, 3.8) is 0 Å². The Kier molecular flexibility index (Phi) is 4.90. The molecule has 1 fully saturated rings. The van der Waals surface area contributed by atoms with Crippen molar-refractivity contribution >= 4 is 11.9 Å². The minimum absolute atomic E-state index is 0.272. The molecular formula is C16H20O6. The number of benzene rings is 1. The third-order valence-corrected chi connectivity index (χ3v) is 4.20. The number of hydrogen-bond acceptors (Lipinski definition) is 4. The van der Waals surface area contributed by atoms with Gasteiger partial charge in [0.25, 0.3) is 0 Å². The highest BCUT2D eigenvalue weighted by atomic mass is 16.5. The van der Waals surface area contributed by atoms with Crippen molar-refractivity contribution in [2.75, 3.05) is 14.2 Å². The average Bonchev–Trinajstić information content (AvgIpc) is 3.27. The van der Waals surface area contributed by atoms with Gasteiger partial charge in [-0.05, 0) is 48.9 Å². The van der Waals surface area contributed by atoms with Crippen LogP contribution in [0.4, 0.5) is 0 Å². The standard InChI is InChI=1S/C16H20O6/c1-21-10-4-6-14(22-2)9(7-10)3-5-11(15(17)18)12-8-13(12)16(19)20/h4,6-7,11-13H,3,5,8H2,1-2H3,(H,17,18)(H,19,20). The third-order valence-electron chi connectivity index (χ3n) is 4.20. The molecule has 2 rings (SSSR count). The van der Waals surface area contributed by atoms with Gasteiger partial charge in [0.05, 0.1) is 26.1 Å². The summed E-state index contributed by atoms with van der Waals surface area (Å²) in [5.41, 5.74) is 0.862. The Morgan fingerprint density at radius 1 is 1.27 bits per heavy atom. The Bertz CT molecular complexity index is 568. The summed E-state index contributed by atoms with van der Waals surface area (Å²) >= 11 is 0. The van der Waals surface area contributed by atoms with Crippen molar-refractivity contribution in [2.24, 2.45) is 17.8 Å². The van der Waals surface area contributed by atoms with E-state index in [2.05, 4.69) is 0 Å². The molecule has 6 nitrogen and oxygen atoms in total. The lowest BCUT2D eigenvalue weighted by atomic mass is 9.93. The lowest BCUT2D eigenvalue weighted by molar-refractivity contribution is -0.143. The summed E-state index contributed by atoms with van der Waals surface area (Å²) in [6.45, 7) is 0. The van der Waals surface area contributed by atoms with Gasteiger partial charge in [-0.25, -0.2) is 0 Å². The molecule has 0 aromatic heterocycles. The SMILES string of the molecule is COc1ccc(OC)c(CCC(C(=O)O)C2CC2C(=O)O)c1. The lowest BCUT2D eigenvalue weighted by Crippen LogP contribution is -2.19. The maximum Gasteiger partial charge on any atom is 0.306 e. The summed E-state index contributed by atoms with van der Waals surface area (Å²) < 4.78 is 10.4. The van der Waals surface area contributed by atoms with Crippen LogP contribution in [0.5, 0.6) is 11.5 Å². The summed E-state index contributed by atoms with van der Waals surface area (Å²) in [5.74, 6) is -1.92. The van der Waals surface area contributed by atoms with Gasteiger partial charge in [-0.2, -0.15) is 0 Å². The maximum absolute atomic E-state index is 11.4. The molecule has 3 unspecified atom stereocenters. The van der Waals surface area contributed by atoms with E-state index in [1.165, 1.54) is 0 Å². The van der Waals surface area contributed by atoms with Gasteiger partial charge < -0.3 is 19.7 Å². The zero-order valence-corrected chi connectivity index (χ0v) is 12.6. The van der Waals surface area contributed by atoms with Gasteiger partial charge >= 0.3 is 11.9 Å². The van der Waals surface area contributed by atoms with Crippen LogP contribution in [-0.2, 0) is 16.0 Å². The molecule has 0 saturated heterocycles. The highest BCUT2D eigenvalue weighted by molar-refractivity contribution is 5.77. The van der Waals surface area contributed by atoms with Crippen molar-refractivity contribution in [3.05, 3.63) is 23.8 Å². The average molecular weight is 308 g/mol. The first-order valence-electron chi connectivity index (χ1n) is 7.14. The third kappa shape index (κ3) is 3.50. The van der Waals surface area contributed by atoms with Crippen LogP contribution in [0.2, 0.25) is 0 Å². The number of carbonyl (C=O) groups is 2. The van der Waals surface area contributed by atoms with E-state index < -0.39 is 23.8 Å². The molecule has 0 spiro atoms. The topological polar surface area (TPSA) is 93.1 Å². The molecule has 3 atom stereocenters. The van der Waals surface area contributed by atoms with E-state index >= 15 is 0 Å². The smallest absolute Gasteiger partial charge is 0.306 e. The Hall–Kier alpha value is -2.24.